The Balaban J connectivity index is 1.46. The highest BCUT2D eigenvalue weighted by atomic mass is 16.3. The van der Waals surface area contributed by atoms with Crippen LogP contribution in [0.1, 0.15) is 11.1 Å². The molecule has 1 aromatic rings. The second-order valence-electron chi connectivity index (χ2n) is 5.83. The van der Waals surface area contributed by atoms with Gasteiger partial charge in [-0.1, -0.05) is 12.1 Å². The summed E-state index contributed by atoms with van der Waals surface area (Å²) in [5.74, 6) is 0. The quantitative estimate of drug-likeness (QED) is 0.834. The molecule has 0 spiro atoms. The van der Waals surface area contributed by atoms with Crippen molar-refractivity contribution < 1.29 is 5.11 Å². The molecule has 20 heavy (non-hydrogen) atoms. The monoisotopic (exact) mass is 275 g/mol. The van der Waals surface area contributed by atoms with Crippen LogP contribution < -0.4 is 5.32 Å². The molecule has 0 bridgehead atoms. The number of benzene rings is 1. The number of nitrogens with one attached hydrogen (secondary N) is 1. The summed E-state index contributed by atoms with van der Waals surface area (Å²) < 4.78 is 0. The van der Waals surface area contributed by atoms with E-state index in [-0.39, 0.29) is 6.61 Å². The number of hydrogen-bond donors (Lipinski definition) is 2. The molecule has 110 valence electrons. The summed E-state index contributed by atoms with van der Waals surface area (Å²) in [5.41, 5.74) is 4.27. The van der Waals surface area contributed by atoms with Crippen molar-refractivity contribution in [2.24, 2.45) is 0 Å². The average Bonchev–Trinajstić information content (AvgIpc) is 2.94. The molecule has 1 fully saturated rings. The summed E-state index contributed by atoms with van der Waals surface area (Å²) >= 11 is 0. The number of β-amino-alcohol motifs (C(OH)–C–C–N with tert-alkyl or cyclic N) is 1. The van der Waals surface area contributed by atoms with Gasteiger partial charge in [-0.15, -0.1) is 0 Å². The number of fused-ring (bicyclic) bond motifs is 1. The van der Waals surface area contributed by atoms with Gasteiger partial charge in [-0.2, -0.15) is 0 Å². The van der Waals surface area contributed by atoms with E-state index in [9.17, 15) is 0 Å². The van der Waals surface area contributed by atoms with Crippen LogP contribution in [0.25, 0.3) is 0 Å². The van der Waals surface area contributed by atoms with Gasteiger partial charge < -0.3 is 15.3 Å². The third-order valence-electron chi connectivity index (χ3n) is 4.48. The topological polar surface area (TPSA) is 38.7 Å². The number of nitrogens with zero attached hydrogens (tertiary/aromatic N) is 2. The van der Waals surface area contributed by atoms with Crippen LogP contribution in [-0.2, 0) is 12.8 Å². The van der Waals surface area contributed by atoms with Crippen molar-refractivity contribution in [3.63, 3.8) is 0 Å². The fourth-order valence-corrected chi connectivity index (χ4v) is 3.18. The highest BCUT2D eigenvalue weighted by molar-refractivity contribution is 5.56. The Hall–Kier alpha value is -1.10. The summed E-state index contributed by atoms with van der Waals surface area (Å²) in [6.07, 6.45) is 2.32. The van der Waals surface area contributed by atoms with Crippen molar-refractivity contribution in [1.29, 1.82) is 0 Å². The Morgan fingerprint density at radius 1 is 1.05 bits per heavy atom. The molecule has 1 saturated heterocycles. The van der Waals surface area contributed by atoms with Crippen molar-refractivity contribution in [3.8, 4) is 0 Å². The predicted octanol–water partition coefficient (Wildman–Crippen LogP) is 0.807. The maximum atomic E-state index is 8.95. The lowest BCUT2D eigenvalue weighted by Crippen LogP contribution is -2.47. The lowest BCUT2D eigenvalue weighted by Gasteiger charge is -2.34. The van der Waals surface area contributed by atoms with E-state index in [1.165, 1.54) is 23.2 Å². The van der Waals surface area contributed by atoms with Gasteiger partial charge in [0.2, 0.25) is 0 Å². The molecule has 0 radical (unpaired) electrons. The number of piperazine rings is 1. The first-order valence-electron chi connectivity index (χ1n) is 7.76. The Morgan fingerprint density at radius 3 is 2.55 bits per heavy atom. The summed E-state index contributed by atoms with van der Waals surface area (Å²) in [5, 5.41) is 12.4. The molecule has 0 unspecified atom stereocenters. The summed E-state index contributed by atoms with van der Waals surface area (Å²) in [7, 11) is 0. The first kappa shape index (κ1) is 13.9. The van der Waals surface area contributed by atoms with Gasteiger partial charge >= 0.3 is 0 Å². The molecule has 2 aliphatic heterocycles. The molecule has 3 rings (SSSR count). The van der Waals surface area contributed by atoms with Crippen molar-refractivity contribution in [2.45, 2.75) is 12.8 Å². The van der Waals surface area contributed by atoms with E-state index in [2.05, 4.69) is 33.3 Å². The molecule has 4 heteroatoms. The van der Waals surface area contributed by atoms with Crippen molar-refractivity contribution in [2.75, 3.05) is 57.7 Å². The number of rotatable bonds is 5. The number of aliphatic hydroxyl groups is 1. The van der Waals surface area contributed by atoms with E-state index >= 15 is 0 Å². The average molecular weight is 275 g/mol. The molecule has 4 nitrogen and oxygen atoms in total. The normalized spacial score (nSPS) is 19.9. The third kappa shape index (κ3) is 3.32. The zero-order chi connectivity index (χ0) is 13.8. The highest BCUT2D eigenvalue weighted by Crippen LogP contribution is 2.23. The molecular weight excluding hydrogens is 250 g/mol. The summed E-state index contributed by atoms with van der Waals surface area (Å²) in [6.45, 7) is 7.79. The van der Waals surface area contributed by atoms with E-state index in [1.807, 2.05) is 0 Å². The van der Waals surface area contributed by atoms with Crippen molar-refractivity contribution in [1.82, 2.24) is 9.80 Å². The smallest absolute Gasteiger partial charge is 0.0558 e. The third-order valence-corrected chi connectivity index (χ3v) is 4.48. The lowest BCUT2D eigenvalue weighted by atomic mass is 10.1. The summed E-state index contributed by atoms with van der Waals surface area (Å²) in [4.78, 5) is 4.89. The SMILES string of the molecule is OCCN1CCN(CCc2ccc3c(c2)CCN3)CC1. The van der Waals surface area contributed by atoms with Gasteiger partial charge in [0.25, 0.3) is 0 Å². The van der Waals surface area contributed by atoms with Crippen LogP contribution >= 0.6 is 0 Å². The zero-order valence-corrected chi connectivity index (χ0v) is 12.1. The second kappa shape index (κ2) is 6.57. The molecule has 0 saturated carbocycles. The largest absolute Gasteiger partial charge is 0.395 e. The molecule has 0 aliphatic carbocycles. The van der Waals surface area contributed by atoms with Crippen LogP contribution in [0, 0.1) is 0 Å². The van der Waals surface area contributed by atoms with E-state index in [1.54, 1.807) is 0 Å². The Bertz CT molecular complexity index is 441. The van der Waals surface area contributed by atoms with Gasteiger partial charge in [0.15, 0.2) is 0 Å². The molecule has 0 aromatic heterocycles. The maximum absolute atomic E-state index is 8.95. The predicted molar refractivity (Wildman–Crippen MR) is 82.3 cm³/mol. The molecule has 2 heterocycles. The van der Waals surface area contributed by atoms with Gasteiger partial charge in [-0.05, 0) is 30.0 Å². The zero-order valence-electron chi connectivity index (χ0n) is 12.1. The minimum Gasteiger partial charge on any atom is -0.395 e. The fourth-order valence-electron chi connectivity index (χ4n) is 3.18. The van der Waals surface area contributed by atoms with Crippen LogP contribution in [0.3, 0.4) is 0 Å². The minimum atomic E-state index is 0.281. The molecular formula is C16H25N3O. The Morgan fingerprint density at radius 2 is 1.80 bits per heavy atom. The Labute approximate surface area is 121 Å². The molecule has 0 amide bonds. The van der Waals surface area contributed by atoms with E-state index in [0.717, 1.165) is 52.2 Å². The number of hydrogen-bond acceptors (Lipinski definition) is 4. The van der Waals surface area contributed by atoms with E-state index < -0.39 is 0 Å². The van der Waals surface area contributed by atoms with Gasteiger partial charge in [-0.25, -0.2) is 0 Å². The molecule has 2 N–H and O–H groups in total. The summed E-state index contributed by atoms with van der Waals surface area (Å²) in [6, 6.07) is 6.87. The number of anilines is 1. The maximum Gasteiger partial charge on any atom is 0.0558 e. The highest BCUT2D eigenvalue weighted by Gasteiger charge is 2.16. The minimum absolute atomic E-state index is 0.281. The van der Waals surface area contributed by atoms with Crippen LogP contribution in [-0.4, -0.2) is 67.3 Å². The van der Waals surface area contributed by atoms with Gasteiger partial charge in [0.05, 0.1) is 6.61 Å². The van der Waals surface area contributed by atoms with E-state index in [4.69, 9.17) is 5.11 Å². The van der Waals surface area contributed by atoms with Gasteiger partial charge in [-0.3, -0.25) is 4.90 Å². The molecule has 0 atom stereocenters. The van der Waals surface area contributed by atoms with Crippen molar-refractivity contribution >= 4 is 5.69 Å². The van der Waals surface area contributed by atoms with Crippen LogP contribution in [0.15, 0.2) is 18.2 Å². The fraction of sp³-hybridized carbons (Fsp3) is 0.625. The number of aliphatic hydroxyl groups excluding tert-OH is 1. The van der Waals surface area contributed by atoms with Gasteiger partial charge in [0, 0.05) is 51.5 Å². The lowest BCUT2D eigenvalue weighted by molar-refractivity contribution is 0.113. The first-order chi connectivity index (χ1) is 9.85. The van der Waals surface area contributed by atoms with Crippen molar-refractivity contribution in [3.05, 3.63) is 29.3 Å². The second-order valence-corrected chi connectivity index (χ2v) is 5.83. The van der Waals surface area contributed by atoms with Crippen LogP contribution in [0.5, 0.6) is 0 Å². The van der Waals surface area contributed by atoms with Crippen LogP contribution in [0.2, 0.25) is 0 Å². The van der Waals surface area contributed by atoms with Crippen LogP contribution in [0.4, 0.5) is 5.69 Å². The molecule has 1 aromatic carbocycles. The van der Waals surface area contributed by atoms with E-state index in [0.29, 0.717) is 0 Å². The first-order valence-corrected chi connectivity index (χ1v) is 7.76. The standard InChI is InChI=1S/C16H25N3O/c20-12-11-19-9-7-18(8-10-19)6-4-14-1-2-16-15(13-14)3-5-17-16/h1-2,13,17,20H,3-12H2. The Kier molecular flexibility index (Phi) is 4.55. The molecule has 2 aliphatic rings. The van der Waals surface area contributed by atoms with Gasteiger partial charge in [0.1, 0.15) is 0 Å².